The molecular weight excluding hydrogens is 368 g/mol. The quantitative estimate of drug-likeness (QED) is 0.550. The van der Waals surface area contributed by atoms with Crippen LogP contribution in [-0.2, 0) is 5.75 Å². The minimum absolute atomic E-state index is 0.0927. The summed E-state index contributed by atoms with van der Waals surface area (Å²) in [6, 6.07) is 15.5. The van der Waals surface area contributed by atoms with E-state index in [2.05, 4.69) is 15.7 Å². The van der Waals surface area contributed by atoms with Gasteiger partial charge in [-0.1, -0.05) is 6.07 Å². The summed E-state index contributed by atoms with van der Waals surface area (Å²) in [5.74, 6) is 0.752. The summed E-state index contributed by atoms with van der Waals surface area (Å²) in [5.41, 5.74) is 2.57. The van der Waals surface area contributed by atoms with E-state index in [9.17, 15) is 4.79 Å². The van der Waals surface area contributed by atoms with Gasteiger partial charge in [0.1, 0.15) is 0 Å². The number of aromatic nitrogens is 1. The number of hydrogen-bond donors (Lipinski definition) is 1. The van der Waals surface area contributed by atoms with Crippen LogP contribution in [0.15, 0.2) is 63.7 Å². The topological polar surface area (TPSA) is 42.0 Å². The molecule has 0 radical (unpaired) electrons. The van der Waals surface area contributed by atoms with Crippen molar-refractivity contribution in [3.8, 4) is 0 Å². The van der Waals surface area contributed by atoms with Crippen molar-refractivity contribution in [2.24, 2.45) is 0 Å². The first-order valence-corrected chi connectivity index (χ1v) is 10.8. The van der Waals surface area contributed by atoms with Gasteiger partial charge in [0, 0.05) is 32.2 Å². The fourth-order valence-corrected chi connectivity index (χ4v) is 4.21. The Kier molecular flexibility index (Phi) is 6.18. The first-order valence-electron chi connectivity index (χ1n) is 7.73. The fourth-order valence-electron chi connectivity index (χ4n) is 2.24. The lowest BCUT2D eigenvalue weighted by molar-refractivity contribution is 0.102. The molecule has 0 aliphatic carbocycles. The van der Waals surface area contributed by atoms with Gasteiger partial charge in [0.05, 0.1) is 10.7 Å². The number of aryl methyl sites for hydroxylation is 1. The highest BCUT2D eigenvalue weighted by Crippen LogP contribution is 2.24. The molecule has 128 valence electrons. The number of anilines is 1. The normalized spacial score (nSPS) is 10.6. The number of nitrogens with zero attached hydrogens (tertiary/aromatic N) is 1. The van der Waals surface area contributed by atoms with Crippen molar-refractivity contribution in [1.82, 2.24) is 4.98 Å². The Labute approximate surface area is 160 Å². The smallest absolute Gasteiger partial charge is 0.255 e. The van der Waals surface area contributed by atoms with E-state index in [1.807, 2.05) is 61.7 Å². The molecule has 0 saturated carbocycles. The highest BCUT2D eigenvalue weighted by atomic mass is 32.2. The number of thioether (sulfide) groups is 2. The van der Waals surface area contributed by atoms with E-state index in [4.69, 9.17) is 0 Å². The monoisotopic (exact) mass is 386 g/mol. The summed E-state index contributed by atoms with van der Waals surface area (Å²) in [6.45, 7) is 2.02. The van der Waals surface area contributed by atoms with Crippen LogP contribution in [0.3, 0.4) is 0 Å². The Bertz CT molecular complexity index is 859. The number of nitrogens with one attached hydrogen (secondary N) is 1. The lowest BCUT2D eigenvalue weighted by atomic mass is 10.2. The average molecular weight is 387 g/mol. The summed E-state index contributed by atoms with van der Waals surface area (Å²) in [4.78, 5) is 19.1. The minimum atomic E-state index is -0.0927. The van der Waals surface area contributed by atoms with Gasteiger partial charge in [0.2, 0.25) is 0 Å². The third kappa shape index (κ3) is 5.11. The Balaban J connectivity index is 1.60. The van der Waals surface area contributed by atoms with Gasteiger partial charge in [-0.2, -0.15) is 0 Å². The fraction of sp³-hybridized carbons (Fsp3) is 0.158. The largest absolute Gasteiger partial charge is 0.322 e. The molecular formula is C19H18N2OS3. The molecule has 0 fully saturated rings. The molecule has 1 N–H and O–H groups in total. The molecule has 25 heavy (non-hydrogen) atoms. The van der Waals surface area contributed by atoms with Gasteiger partial charge < -0.3 is 5.32 Å². The summed E-state index contributed by atoms with van der Waals surface area (Å²) >= 11 is 5.05. The predicted molar refractivity (Wildman–Crippen MR) is 109 cm³/mol. The molecule has 0 saturated heterocycles. The zero-order valence-electron chi connectivity index (χ0n) is 14.0. The Hall–Kier alpha value is -1.76. The van der Waals surface area contributed by atoms with E-state index in [0.29, 0.717) is 5.56 Å². The number of benzene rings is 2. The number of thiazole rings is 1. The summed E-state index contributed by atoms with van der Waals surface area (Å²) in [5, 5.41) is 6.13. The number of hydrogen-bond acceptors (Lipinski definition) is 5. The van der Waals surface area contributed by atoms with Gasteiger partial charge in [-0.25, -0.2) is 4.98 Å². The first kappa shape index (κ1) is 18.0. The van der Waals surface area contributed by atoms with Crippen molar-refractivity contribution in [3.63, 3.8) is 0 Å². The maximum absolute atomic E-state index is 12.4. The van der Waals surface area contributed by atoms with Crippen molar-refractivity contribution < 1.29 is 4.79 Å². The Morgan fingerprint density at radius 1 is 1.16 bits per heavy atom. The average Bonchev–Trinajstić information content (AvgIpc) is 3.06. The number of amides is 1. The molecule has 1 amide bonds. The van der Waals surface area contributed by atoms with E-state index in [-0.39, 0.29) is 5.91 Å². The van der Waals surface area contributed by atoms with E-state index in [1.54, 1.807) is 34.9 Å². The molecule has 0 atom stereocenters. The van der Waals surface area contributed by atoms with Crippen LogP contribution in [-0.4, -0.2) is 17.1 Å². The Morgan fingerprint density at radius 2 is 1.96 bits per heavy atom. The van der Waals surface area contributed by atoms with Crippen LogP contribution in [0.2, 0.25) is 0 Å². The van der Waals surface area contributed by atoms with Gasteiger partial charge >= 0.3 is 0 Å². The minimum Gasteiger partial charge on any atom is -0.322 e. The second-order valence-corrected chi connectivity index (χ2v) is 8.35. The number of carbonyl (C=O) groups is 1. The van der Waals surface area contributed by atoms with E-state index in [0.717, 1.165) is 31.9 Å². The maximum atomic E-state index is 12.4. The van der Waals surface area contributed by atoms with Crippen LogP contribution < -0.4 is 5.32 Å². The molecule has 0 aliphatic heterocycles. The number of carbonyl (C=O) groups excluding carboxylic acids is 1. The van der Waals surface area contributed by atoms with Crippen LogP contribution in [0.25, 0.3) is 0 Å². The lowest BCUT2D eigenvalue weighted by Gasteiger charge is -2.07. The maximum Gasteiger partial charge on any atom is 0.255 e. The van der Waals surface area contributed by atoms with Gasteiger partial charge in [0.15, 0.2) is 0 Å². The predicted octanol–water partition coefficient (Wildman–Crippen LogP) is 5.72. The first-order chi connectivity index (χ1) is 12.1. The molecule has 1 heterocycles. The third-order valence-corrected chi connectivity index (χ3v) is 6.09. The van der Waals surface area contributed by atoms with Crippen molar-refractivity contribution in [2.45, 2.75) is 22.5 Å². The number of rotatable bonds is 6. The molecule has 0 unspecified atom stereocenters. The van der Waals surface area contributed by atoms with E-state index < -0.39 is 0 Å². The van der Waals surface area contributed by atoms with Crippen molar-refractivity contribution in [2.75, 3.05) is 11.6 Å². The SMILES string of the molecule is CSc1cccc(NC(=O)c2ccc(SCc3csc(C)n3)cc2)c1. The second kappa shape index (κ2) is 8.56. The van der Waals surface area contributed by atoms with E-state index >= 15 is 0 Å². The van der Waals surface area contributed by atoms with Gasteiger partial charge in [0.25, 0.3) is 5.91 Å². The van der Waals surface area contributed by atoms with Crippen LogP contribution in [0.5, 0.6) is 0 Å². The highest BCUT2D eigenvalue weighted by molar-refractivity contribution is 7.98. The lowest BCUT2D eigenvalue weighted by Crippen LogP contribution is -2.11. The molecule has 0 spiro atoms. The van der Waals surface area contributed by atoms with Gasteiger partial charge in [-0.15, -0.1) is 34.9 Å². The van der Waals surface area contributed by atoms with Crippen LogP contribution in [0.4, 0.5) is 5.69 Å². The zero-order valence-corrected chi connectivity index (χ0v) is 16.4. The molecule has 6 heteroatoms. The molecule has 2 aromatic carbocycles. The molecule has 1 aromatic heterocycles. The van der Waals surface area contributed by atoms with Crippen molar-refractivity contribution >= 4 is 46.5 Å². The van der Waals surface area contributed by atoms with Crippen molar-refractivity contribution in [3.05, 3.63) is 70.2 Å². The van der Waals surface area contributed by atoms with Gasteiger partial charge in [-0.05, 0) is 55.6 Å². The second-order valence-electron chi connectivity index (χ2n) is 5.36. The summed E-state index contributed by atoms with van der Waals surface area (Å²) < 4.78 is 0. The van der Waals surface area contributed by atoms with Crippen molar-refractivity contribution in [1.29, 1.82) is 0 Å². The summed E-state index contributed by atoms with van der Waals surface area (Å²) in [7, 11) is 0. The Morgan fingerprint density at radius 3 is 2.64 bits per heavy atom. The van der Waals surface area contributed by atoms with Gasteiger partial charge in [-0.3, -0.25) is 4.79 Å². The molecule has 3 aromatic rings. The molecule has 0 bridgehead atoms. The van der Waals surface area contributed by atoms with Crippen LogP contribution in [0, 0.1) is 6.92 Å². The molecule has 3 rings (SSSR count). The standard InChI is InChI=1S/C19H18N2OS3/c1-13-20-16(11-24-13)12-25-17-8-6-14(7-9-17)19(22)21-15-4-3-5-18(10-15)23-2/h3-11H,12H2,1-2H3,(H,21,22). The third-order valence-electron chi connectivity index (χ3n) is 3.50. The zero-order chi connectivity index (χ0) is 17.6. The molecule has 3 nitrogen and oxygen atoms in total. The highest BCUT2D eigenvalue weighted by Gasteiger charge is 2.07. The van der Waals surface area contributed by atoms with E-state index in [1.165, 1.54) is 0 Å². The van der Waals surface area contributed by atoms with Crippen LogP contribution in [0.1, 0.15) is 21.1 Å². The van der Waals surface area contributed by atoms with Crippen LogP contribution >= 0.6 is 34.9 Å². The summed E-state index contributed by atoms with van der Waals surface area (Å²) in [6.07, 6.45) is 2.02. The molecule has 0 aliphatic rings.